The lowest BCUT2D eigenvalue weighted by molar-refractivity contribution is -0.137. The second kappa shape index (κ2) is 16.7. The summed E-state index contributed by atoms with van der Waals surface area (Å²) in [5, 5.41) is 2.10. The van der Waals surface area contributed by atoms with Gasteiger partial charge in [-0.2, -0.15) is 13.2 Å². The molecule has 0 atom stereocenters. The largest absolute Gasteiger partial charge is 0.420 e. The summed E-state index contributed by atoms with van der Waals surface area (Å²) < 4.78 is 130. The van der Waals surface area contributed by atoms with Gasteiger partial charge in [0.2, 0.25) is 5.82 Å². The van der Waals surface area contributed by atoms with Crippen LogP contribution in [0.1, 0.15) is 5.56 Å². The predicted octanol–water partition coefficient (Wildman–Crippen LogP) is 16.7. The normalized spacial score (nSPS) is 11.9. The lowest BCUT2D eigenvalue weighted by Crippen LogP contribution is -2.16. The number of halogens is 8. The minimum Gasteiger partial charge on any atom is -0.309 e. The van der Waals surface area contributed by atoms with Crippen LogP contribution < -0.4 is 0 Å². The minimum absolute atomic E-state index is 0.267. The maximum absolute atomic E-state index is 16.6. The first kappa shape index (κ1) is 43.4. The molecular formula is C59H32F8N4. The second-order valence-corrected chi connectivity index (χ2v) is 17.0. The molecule has 4 nitrogen and oxygen atoms in total. The van der Waals surface area contributed by atoms with Crippen molar-refractivity contribution >= 4 is 43.6 Å². The van der Waals surface area contributed by atoms with Crippen molar-refractivity contribution in [2.45, 2.75) is 6.18 Å². The number of pyridine rings is 2. The average Bonchev–Trinajstić information content (AvgIpc) is 3.92. The first-order valence-electron chi connectivity index (χ1n) is 22.3. The summed E-state index contributed by atoms with van der Waals surface area (Å²) in [7, 11) is 0. The number of alkyl halides is 3. The number of aromatic nitrogens is 4. The monoisotopic (exact) mass is 948 g/mol. The molecule has 0 aliphatic carbocycles. The highest BCUT2D eigenvalue weighted by atomic mass is 19.4. The molecule has 0 aliphatic rings. The van der Waals surface area contributed by atoms with Crippen LogP contribution in [-0.2, 0) is 6.18 Å². The molecule has 344 valence electrons. The number of para-hydroxylation sites is 2. The van der Waals surface area contributed by atoms with Crippen molar-refractivity contribution in [3.05, 3.63) is 229 Å². The lowest BCUT2D eigenvalue weighted by atomic mass is 9.97. The third-order valence-corrected chi connectivity index (χ3v) is 13.0. The highest BCUT2D eigenvalue weighted by Crippen LogP contribution is 2.48. The van der Waals surface area contributed by atoms with Gasteiger partial charge in [-0.1, -0.05) is 121 Å². The Morgan fingerprint density at radius 1 is 0.338 bits per heavy atom. The number of nitrogens with zero attached hydrogens (tertiary/aromatic N) is 4. The smallest absolute Gasteiger partial charge is 0.309 e. The Kier molecular flexibility index (Phi) is 10.2. The number of benzene rings is 8. The second-order valence-electron chi connectivity index (χ2n) is 17.0. The van der Waals surface area contributed by atoms with E-state index in [4.69, 9.17) is 0 Å². The Morgan fingerprint density at radius 2 is 0.732 bits per heavy atom. The van der Waals surface area contributed by atoms with Gasteiger partial charge in [0.25, 0.3) is 0 Å². The van der Waals surface area contributed by atoms with Gasteiger partial charge in [0, 0.05) is 56.2 Å². The third kappa shape index (κ3) is 6.96. The van der Waals surface area contributed by atoms with Crippen molar-refractivity contribution in [3.63, 3.8) is 0 Å². The van der Waals surface area contributed by atoms with Crippen LogP contribution in [0.15, 0.2) is 194 Å². The van der Waals surface area contributed by atoms with Gasteiger partial charge in [-0.15, -0.1) is 0 Å². The maximum Gasteiger partial charge on any atom is 0.420 e. The van der Waals surface area contributed by atoms with Gasteiger partial charge in [-0.3, -0.25) is 9.97 Å². The zero-order chi connectivity index (χ0) is 48.7. The molecule has 12 heteroatoms. The maximum atomic E-state index is 16.6. The van der Waals surface area contributed by atoms with Gasteiger partial charge >= 0.3 is 6.18 Å². The van der Waals surface area contributed by atoms with E-state index < -0.39 is 63.3 Å². The molecule has 12 aromatic rings. The first-order chi connectivity index (χ1) is 34.5. The highest BCUT2D eigenvalue weighted by molar-refractivity contribution is 6.13. The van der Waals surface area contributed by atoms with E-state index in [2.05, 4.69) is 9.97 Å². The van der Waals surface area contributed by atoms with Crippen LogP contribution in [0, 0.1) is 29.1 Å². The fourth-order valence-corrected chi connectivity index (χ4v) is 9.99. The Morgan fingerprint density at radius 3 is 1.17 bits per heavy atom. The van der Waals surface area contributed by atoms with E-state index in [0.29, 0.717) is 44.1 Å². The molecule has 0 aliphatic heterocycles. The number of fused-ring (bicyclic) bond motifs is 6. The van der Waals surface area contributed by atoms with E-state index in [1.807, 2.05) is 84.9 Å². The van der Waals surface area contributed by atoms with Gasteiger partial charge in [-0.05, 0) is 77.4 Å². The summed E-state index contributed by atoms with van der Waals surface area (Å²) in [6.45, 7) is 0. The molecule has 0 saturated carbocycles. The average molecular weight is 949 g/mol. The van der Waals surface area contributed by atoms with Gasteiger partial charge in [0.1, 0.15) is 5.56 Å². The van der Waals surface area contributed by atoms with Gasteiger partial charge < -0.3 is 9.13 Å². The fourth-order valence-electron chi connectivity index (χ4n) is 9.99. The van der Waals surface area contributed by atoms with Crippen LogP contribution in [0.25, 0.3) is 111 Å². The van der Waals surface area contributed by atoms with E-state index in [1.165, 1.54) is 9.13 Å². The standard InChI is InChI=1S/C59H32F8N4/c60-52-50(53(61)55(63)56(64)54(52)62)37-31-48(70-44-21-9-7-17-40(44)42-29-35(23-25-46(42)70)38-19-11-27-68-57(38)33-13-3-1-4-14-33)51(59(65,66)67)49(32-37)71-45-22-10-8-18-41(45)43-30-36(24-26-47(43)71)39-20-12-28-69-58(39)34-15-5-2-6-16-34/h1-32H. The van der Waals surface area contributed by atoms with Crippen molar-refractivity contribution in [3.8, 4) is 67.3 Å². The molecule has 12 rings (SSSR count). The van der Waals surface area contributed by atoms with Crippen molar-refractivity contribution in [2.24, 2.45) is 0 Å². The van der Waals surface area contributed by atoms with Crippen molar-refractivity contribution < 1.29 is 35.1 Å². The quantitative estimate of drug-likeness (QED) is 0.0907. The summed E-state index contributed by atoms with van der Waals surface area (Å²) in [5.74, 6) is -11.3. The molecule has 0 saturated heterocycles. The summed E-state index contributed by atoms with van der Waals surface area (Å²) in [4.78, 5) is 9.34. The van der Waals surface area contributed by atoms with Crippen molar-refractivity contribution in [1.29, 1.82) is 0 Å². The Labute approximate surface area is 399 Å². The van der Waals surface area contributed by atoms with Crippen LogP contribution in [-0.4, -0.2) is 19.1 Å². The number of hydrogen-bond donors (Lipinski definition) is 0. The molecule has 0 fully saturated rings. The van der Waals surface area contributed by atoms with E-state index >= 15 is 30.7 Å². The summed E-state index contributed by atoms with van der Waals surface area (Å²) in [5.41, 5.74) is 2.45. The molecule has 0 bridgehead atoms. The summed E-state index contributed by atoms with van der Waals surface area (Å²) in [6.07, 6.45) is -1.86. The topological polar surface area (TPSA) is 35.6 Å². The molecule has 4 heterocycles. The molecule has 0 amide bonds. The van der Waals surface area contributed by atoms with Crippen LogP contribution in [0.2, 0.25) is 0 Å². The summed E-state index contributed by atoms with van der Waals surface area (Å²) in [6, 6.07) is 52.0. The van der Waals surface area contributed by atoms with Crippen LogP contribution in [0.3, 0.4) is 0 Å². The molecule has 0 spiro atoms. The summed E-state index contributed by atoms with van der Waals surface area (Å²) >= 11 is 0. The van der Waals surface area contributed by atoms with Gasteiger partial charge in [0.15, 0.2) is 23.3 Å². The Bertz CT molecular complexity index is 3850. The third-order valence-electron chi connectivity index (χ3n) is 13.0. The highest BCUT2D eigenvalue weighted by Gasteiger charge is 2.40. The predicted molar refractivity (Wildman–Crippen MR) is 263 cm³/mol. The molecule has 8 aromatic carbocycles. The zero-order valence-corrected chi connectivity index (χ0v) is 36.8. The van der Waals surface area contributed by atoms with Gasteiger partial charge in [-0.25, -0.2) is 22.0 Å². The minimum atomic E-state index is -5.20. The molecule has 0 N–H and O–H groups in total. The van der Waals surface area contributed by atoms with Gasteiger partial charge in [0.05, 0.1) is 50.4 Å². The molecule has 4 aromatic heterocycles. The van der Waals surface area contributed by atoms with E-state index in [-0.39, 0.29) is 22.1 Å². The number of hydrogen-bond acceptors (Lipinski definition) is 2. The first-order valence-corrected chi connectivity index (χ1v) is 22.3. The lowest BCUT2D eigenvalue weighted by Gasteiger charge is -2.23. The molecular weight excluding hydrogens is 917 g/mol. The SMILES string of the molecule is Fc1c(F)c(F)c(-c2cc(-n3c4ccccc4c4cc(-c5cccnc5-c5ccccc5)ccc43)c(C(F)(F)F)c(-n3c4ccccc4c4cc(-c5cccnc5-c5ccccc5)ccc43)c2)c(F)c1F. The van der Waals surface area contributed by atoms with Crippen molar-refractivity contribution in [1.82, 2.24) is 19.1 Å². The van der Waals surface area contributed by atoms with Crippen LogP contribution in [0.5, 0.6) is 0 Å². The van der Waals surface area contributed by atoms with E-state index in [0.717, 1.165) is 34.4 Å². The fraction of sp³-hybridized carbons (Fsp3) is 0.0169. The Balaban J connectivity index is 1.18. The van der Waals surface area contributed by atoms with E-state index in [1.54, 1.807) is 97.3 Å². The Hall–Kier alpha value is -8.90. The van der Waals surface area contributed by atoms with Crippen molar-refractivity contribution in [2.75, 3.05) is 0 Å². The number of rotatable bonds is 7. The molecule has 0 radical (unpaired) electrons. The zero-order valence-electron chi connectivity index (χ0n) is 36.8. The van der Waals surface area contributed by atoms with E-state index in [9.17, 15) is 4.39 Å². The molecule has 71 heavy (non-hydrogen) atoms. The van der Waals surface area contributed by atoms with Crippen LogP contribution >= 0.6 is 0 Å². The molecule has 0 unspecified atom stereocenters. The van der Waals surface area contributed by atoms with Crippen LogP contribution in [0.4, 0.5) is 35.1 Å².